The summed E-state index contributed by atoms with van der Waals surface area (Å²) in [5, 5.41) is 7.23. The first-order valence-electron chi connectivity index (χ1n) is 9.17. The van der Waals surface area contributed by atoms with Crippen molar-refractivity contribution in [3.8, 4) is 5.75 Å². The SMILES string of the molecule is O=C(c1ccccc1)[C@H]1Oc2ccc(Cl)cc2[C@@H]2CC(c3ccccc3)=NN12. The summed E-state index contributed by atoms with van der Waals surface area (Å²) in [7, 11) is 0. The Morgan fingerprint density at radius 3 is 2.46 bits per heavy atom. The highest BCUT2D eigenvalue weighted by atomic mass is 35.5. The predicted octanol–water partition coefficient (Wildman–Crippen LogP) is 5.09. The van der Waals surface area contributed by atoms with Gasteiger partial charge >= 0.3 is 0 Å². The number of carbonyl (C=O) groups is 1. The zero-order chi connectivity index (χ0) is 19.1. The number of hydrogen-bond acceptors (Lipinski definition) is 4. The van der Waals surface area contributed by atoms with Gasteiger partial charge in [-0.3, -0.25) is 4.79 Å². The maximum Gasteiger partial charge on any atom is 0.251 e. The quantitative estimate of drug-likeness (QED) is 0.587. The average molecular weight is 389 g/mol. The standard InChI is InChI=1S/C23H17ClN2O2/c24-17-11-12-21-18(13-17)20-14-19(15-7-3-1-4-8-15)25-26(20)23(28-21)22(27)16-9-5-2-6-10-16/h1-13,20,23H,14H2/t20-,23+/m0/s1. The molecule has 0 N–H and O–H groups in total. The molecule has 28 heavy (non-hydrogen) atoms. The van der Waals surface area contributed by atoms with E-state index in [4.69, 9.17) is 21.4 Å². The van der Waals surface area contributed by atoms with Gasteiger partial charge in [0.25, 0.3) is 6.23 Å². The molecule has 2 aliphatic rings. The van der Waals surface area contributed by atoms with E-state index in [0.717, 1.165) is 16.8 Å². The third-order valence-corrected chi connectivity index (χ3v) is 5.38. The molecule has 0 saturated heterocycles. The minimum Gasteiger partial charge on any atom is -0.461 e. The third-order valence-electron chi connectivity index (χ3n) is 5.14. The van der Waals surface area contributed by atoms with E-state index in [2.05, 4.69) is 0 Å². The first-order chi connectivity index (χ1) is 13.7. The van der Waals surface area contributed by atoms with Gasteiger partial charge in [0, 0.05) is 22.6 Å². The fourth-order valence-corrected chi connectivity index (χ4v) is 3.96. The molecule has 3 aromatic rings. The molecule has 0 aromatic heterocycles. The van der Waals surface area contributed by atoms with E-state index >= 15 is 0 Å². The maximum absolute atomic E-state index is 13.2. The van der Waals surface area contributed by atoms with Crippen molar-refractivity contribution in [1.29, 1.82) is 0 Å². The van der Waals surface area contributed by atoms with E-state index in [1.807, 2.05) is 60.7 Å². The molecule has 5 rings (SSSR count). The molecule has 4 nitrogen and oxygen atoms in total. The summed E-state index contributed by atoms with van der Waals surface area (Å²) in [6.45, 7) is 0. The van der Waals surface area contributed by atoms with Crippen LogP contribution in [0.3, 0.4) is 0 Å². The summed E-state index contributed by atoms with van der Waals surface area (Å²) in [4.78, 5) is 13.2. The van der Waals surface area contributed by atoms with Gasteiger partial charge in [-0.25, -0.2) is 5.01 Å². The van der Waals surface area contributed by atoms with Crippen LogP contribution in [0, 0.1) is 0 Å². The predicted molar refractivity (Wildman–Crippen MR) is 109 cm³/mol. The monoisotopic (exact) mass is 388 g/mol. The summed E-state index contributed by atoms with van der Waals surface area (Å²) in [5.41, 5.74) is 3.55. The molecular weight excluding hydrogens is 372 g/mol. The summed E-state index contributed by atoms with van der Waals surface area (Å²) >= 11 is 6.24. The Labute approximate surface area is 168 Å². The Morgan fingerprint density at radius 2 is 1.71 bits per heavy atom. The number of carbonyl (C=O) groups excluding carboxylic acids is 1. The number of nitrogens with zero attached hydrogens (tertiary/aromatic N) is 2. The molecule has 0 radical (unpaired) electrons. The summed E-state index contributed by atoms with van der Waals surface area (Å²) in [5.74, 6) is 0.578. The zero-order valence-electron chi connectivity index (χ0n) is 15.0. The lowest BCUT2D eigenvalue weighted by atomic mass is 9.96. The van der Waals surface area contributed by atoms with Crippen LogP contribution in [-0.4, -0.2) is 22.7 Å². The minimum absolute atomic E-state index is 0.0877. The summed E-state index contributed by atoms with van der Waals surface area (Å²) < 4.78 is 6.11. The Bertz CT molecular complexity index is 1070. The second-order valence-corrected chi connectivity index (χ2v) is 7.33. The molecule has 0 bridgehead atoms. The number of ether oxygens (including phenoxy) is 1. The van der Waals surface area contributed by atoms with Crippen LogP contribution >= 0.6 is 11.6 Å². The van der Waals surface area contributed by atoms with Crippen LogP contribution in [0.15, 0.2) is 84.0 Å². The van der Waals surface area contributed by atoms with Gasteiger partial charge in [0.2, 0.25) is 5.78 Å². The van der Waals surface area contributed by atoms with Crippen LogP contribution in [0.4, 0.5) is 0 Å². The van der Waals surface area contributed by atoms with Crippen LogP contribution in [0.2, 0.25) is 5.02 Å². The normalized spacial score (nSPS) is 20.0. The molecule has 0 fully saturated rings. The first kappa shape index (κ1) is 17.0. The van der Waals surface area contributed by atoms with Crippen molar-refractivity contribution in [2.75, 3.05) is 0 Å². The molecule has 0 aliphatic carbocycles. The Morgan fingerprint density at radius 1 is 1.00 bits per heavy atom. The average Bonchev–Trinajstić information content (AvgIpc) is 3.20. The number of hydrazone groups is 1. The number of hydrogen-bond donors (Lipinski definition) is 0. The fourth-order valence-electron chi connectivity index (χ4n) is 3.78. The van der Waals surface area contributed by atoms with Crippen LogP contribution in [-0.2, 0) is 0 Å². The van der Waals surface area contributed by atoms with Gasteiger partial charge in [0.05, 0.1) is 11.8 Å². The topological polar surface area (TPSA) is 41.9 Å². The fraction of sp³-hybridized carbons (Fsp3) is 0.130. The second-order valence-electron chi connectivity index (χ2n) is 6.90. The number of halogens is 1. The van der Waals surface area contributed by atoms with Crippen molar-refractivity contribution in [3.05, 3.63) is 101 Å². The largest absolute Gasteiger partial charge is 0.461 e. The number of fused-ring (bicyclic) bond motifs is 3. The van der Waals surface area contributed by atoms with Crippen molar-refractivity contribution in [2.45, 2.75) is 18.7 Å². The minimum atomic E-state index is -0.803. The lowest BCUT2D eigenvalue weighted by Gasteiger charge is -2.37. The van der Waals surface area contributed by atoms with Crippen molar-refractivity contribution >= 4 is 23.1 Å². The molecule has 2 aliphatic heterocycles. The Balaban J connectivity index is 1.59. The van der Waals surface area contributed by atoms with Crippen molar-refractivity contribution in [3.63, 3.8) is 0 Å². The molecule has 2 atom stereocenters. The highest BCUT2D eigenvalue weighted by molar-refractivity contribution is 6.30. The molecule has 138 valence electrons. The first-order valence-corrected chi connectivity index (χ1v) is 9.55. The lowest BCUT2D eigenvalue weighted by molar-refractivity contribution is -0.00455. The van der Waals surface area contributed by atoms with Gasteiger partial charge < -0.3 is 4.74 Å². The number of ketones is 1. The Hall–Kier alpha value is -3.11. The molecule has 5 heteroatoms. The van der Waals surface area contributed by atoms with E-state index in [0.29, 0.717) is 22.8 Å². The van der Waals surface area contributed by atoms with Gasteiger partial charge in [0.1, 0.15) is 5.75 Å². The van der Waals surface area contributed by atoms with Gasteiger partial charge in [-0.2, -0.15) is 5.10 Å². The van der Waals surface area contributed by atoms with E-state index in [-0.39, 0.29) is 11.8 Å². The van der Waals surface area contributed by atoms with Crippen LogP contribution in [0.25, 0.3) is 0 Å². The van der Waals surface area contributed by atoms with Crippen molar-refractivity contribution in [2.24, 2.45) is 5.10 Å². The van der Waals surface area contributed by atoms with Gasteiger partial charge in [-0.15, -0.1) is 0 Å². The molecule has 3 aromatic carbocycles. The van der Waals surface area contributed by atoms with Gasteiger partial charge in [-0.1, -0.05) is 72.3 Å². The molecule has 0 amide bonds. The van der Waals surface area contributed by atoms with Crippen LogP contribution < -0.4 is 4.74 Å². The summed E-state index contributed by atoms with van der Waals surface area (Å²) in [6, 6.07) is 24.7. The zero-order valence-corrected chi connectivity index (χ0v) is 15.7. The van der Waals surface area contributed by atoms with E-state index < -0.39 is 6.23 Å². The molecule has 0 unspecified atom stereocenters. The Kier molecular flexibility index (Phi) is 4.14. The molecule has 2 heterocycles. The highest BCUT2D eigenvalue weighted by Crippen LogP contribution is 2.44. The highest BCUT2D eigenvalue weighted by Gasteiger charge is 2.43. The lowest BCUT2D eigenvalue weighted by Crippen LogP contribution is -2.45. The van der Waals surface area contributed by atoms with Crippen LogP contribution in [0.1, 0.15) is 33.9 Å². The van der Waals surface area contributed by atoms with Crippen LogP contribution in [0.5, 0.6) is 5.75 Å². The van der Waals surface area contributed by atoms with E-state index in [1.54, 1.807) is 23.2 Å². The maximum atomic E-state index is 13.2. The molecular formula is C23H17ClN2O2. The van der Waals surface area contributed by atoms with E-state index in [1.165, 1.54) is 0 Å². The third kappa shape index (κ3) is 2.86. The number of rotatable bonds is 3. The van der Waals surface area contributed by atoms with Crippen molar-refractivity contribution in [1.82, 2.24) is 5.01 Å². The van der Waals surface area contributed by atoms with Gasteiger partial charge in [-0.05, 0) is 23.8 Å². The number of benzene rings is 3. The summed E-state index contributed by atoms with van der Waals surface area (Å²) in [6.07, 6.45) is -0.110. The smallest absolute Gasteiger partial charge is 0.251 e. The molecule has 0 saturated carbocycles. The van der Waals surface area contributed by atoms with Crippen molar-refractivity contribution < 1.29 is 9.53 Å². The molecule has 0 spiro atoms. The second kappa shape index (κ2) is 6.80. The van der Waals surface area contributed by atoms with Gasteiger partial charge in [0.15, 0.2) is 0 Å². The number of Topliss-reactive ketones (excluding diaryl/α,β-unsaturated/α-hetero) is 1. The van der Waals surface area contributed by atoms with E-state index in [9.17, 15) is 4.79 Å².